The zero-order valence-corrected chi connectivity index (χ0v) is 28.2. The predicted molar refractivity (Wildman–Crippen MR) is 174 cm³/mol. The van der Waals surface area contributed by atoms with Gasteiger partial charge in [-0.15, -0.1) is 0 Å². The van der Waals surface area contributed by atoms with E-state index < -0.39 is 32.1 Å². The van der Waals surface area contributed by atoms with Crippen molar-refractivity contribution in [3.05, 3.63) is 99.5 Å². The number of hydrogen-bond acceptors (Lipinski definition) is 4. The summed E-state index contributed by atoms with van der Waals surface area (Å²) in [5.41, 5.74) is 2.25. The molecule has 0 bridgehead atoms. The Morgan fingerprint density at radius 1 is 0.930 bits per heavy atom. The lowest BCUT2D eigenvalue weighted by Crippen LogP contribution is -2.72. The maximum Gasteiger partial charge on any atom is 0.249 e. The van der Waals surface area contributed by atoms with Crippen LogP contribution in [-0.2, 0) is 9.22 Å². The zero-order valence-electron chi connectivity index (χ0n) is 25.7. The maximum absolute atomic E-state index is 14.2. The SMILES string of the molecule is CC(C)NC(=O)C(O[Si](C)(C)C(C)(C)C)C1C(Nc2cc(F)cc(F)c2)CN1C(c1ccc(Cl)cc1)c1ccc(Cl)cc1. The van der Waals surface area contributed by atoms with E-state index in [1.807, 2.05) is 62.4 Å². The summed E-state index contributed by atoms with van der Waals surface area (Å²) in [5.74, 6) is -1.58. The van der Waals surface area contributed by atoms with E-state index in [0.29, 0.717) is 22.3 Å². The monoisotopic (exact) mass is 647 g/mol. The molecule has 3 atom stereocenters. The summed E-state index contributed by atoms with van der Waals surface area (Å²) < 4.78 is 35.3. The van der Waals surface area contributed by atoms with E-state index >= 15 is 0 Å². The number of benzene rings is 3. The van der Waals surface area contributed by atoms with Gasteiger partial charge in [-0.25, -0.2) is 8.78 Å². The molecule has 2 N–H and O–H groups in total. The highest BCUT2D eigenvalue weighted by Gasteiger charge is 2.53. The van der Waals surface area contributed by atoms with E-state index in [0.717, 1.165) is 17.2 Å². The first-order chi connectivity index (χ1) is 20.1. The molecule has 0 saturated carbocycles. The van der Waals surface area contributed by atoms with Crippen molar-refractivity contribution < 1.29 is 18.0 Å². The van der Waals surface area contributed by atoms with Crippen molar-refractivity contribution in [3.63, 3.8) is 0 Å². The van der Waals surface area contributed by atoms with E-state index in [1.165, 1.54) is 12.1 Å². The molecule has 1 heterocycles. The molecule has 10 heteroatoms. The van der Waals surface area contributed by atoms with Crippen molar-refractivity contribution in [2.24, 2.45) is 0 Å². The summed E-state index contributed by atoms with van der Waals surface area (Å²) in [6.07, 6.45) is -0.866. The first-order valence-corrected chi connectivity index (χ1v) is 18.2. The van der Waals surface area contributed by atoms with Crippen molar-refractivity contribution in [2.75, 3.05) is 11.9 Å². The lowest BCUT2D eigenvalue weighted by atomic mass is 9.84. The highest BCUT2D eigenvalue weighted by molar-refractivity contribution is 6.74. The van der Waals surface area contributed by atoms with Crippen LogP contribution in [-0.4, -0.2) is 49.9 Å². The maximum atomic E-state index is 14.2. The number of halogens is 4. The molecule has 4 rings (SSSR count). The first-order valence-electron chi connectivity index (χ1n) is 14.5. The van der Waals surface area contributed by atoms with Crippen LogP contribution >= 0.6 is 23.2 Å². The molecular formula is C33H41Cl2F2N3O2Si. The second kappa shape index (κ2) is 13.2. The average Bonchev–Trinajstić information content (AvgIpc) is 2.87. The van der Waals surface area contributed by atoms with Crippen molar-refractivity contribution in [2.45, 2.75) is 83.0 Å². The molecule has 1 fully saturated rings. The van der Waals surface area contributed by atoms with Gasteiger partial charge in [0.25, 0.3) is 0 Å². The Hall–Kier alpha value is -2.49. The van der Waals surface area contributed by atoms with Gasteiger partial charge in [-0.05, 0) is 79.5 Å². The Labute approximate surface area is 265 Å². The summed E-state index contributed by atoms with van der Waals surface area (Å²) in [5, 5.41) is 7.45. The Morgan fingerprint density at radius 2 is 1.42 bits per heavy atom. The van der Waals surface area contributed by atoms with Gasteiger partial charge in [0.15, 0.2) is 8.32 Å². The molecule has 0 aromatic heterocycles. The molecule has 0 aliphatic carbocycles. The smallest absolute Gasteiger partial charge is 0.249 e. The van der Waals surface area contributed by atoms with Crippen molar-refractivity contribution in [3.8, 4) is 0 Å². The average molecular weight is 649 g/mol. The minimum Gasteiger partial charge on any atom is -0.404 e. The molecule has 0 spiro atoms. The molecular weight excluding hydrogens is 607 g/mol. The third-order valence-corrected chi connectivity index (χ3v) is 13.3. The summed E-state index contributed by atoms with van der Waals surface area (Å²) in [7, 11) is -2.47. The van der Waals surface area contributed by atoms with E-state index in [4.69, 9.17) is 27.6 Å². The van der Waals surface area contributed by atoms with Gasteiger partial charge in [0.05, 0.1) is 18.1 Å². The van der Waals surface area contributed by atoms with Crippen LogP contribution in [0.5, 0.6) is 0 Å². The number of carbonyl (C=O) groups excluding carboxylic acids is 1. The molecule has 3 aromatic carbocycles. The second-order valence-electron chi connectivity index (χ2n) is 13.1. The standard InChI is InChI=1S/C33H41Cl2F2N3O2Si/c1-20(2)38-32(41)31(42-43(6,7)33(3,4)5)30-28(39-27-17-25(36)16-26(37)18-27)19-40(30)29(21-8-12-23(34)13-9-21)22-10-14-24(35)15-11-22/h8-18,20,28-31,39H,19H2,1-7H3,(H,38,41). The van der Waals surface area contributed by atoms with Gasteiger partial charge in [0.1, 0.15) is 17.7 Å². The van der Waals surface area contributed by atoms with Crippen molar-refractivity contribution in [1.82, 2.24) is 10.2 Å². The second-order valence-corrected chi connectivity index (χ2v) is 18.7. The molecule has 232 valence electrons. The van der Waals surface area contributed by atoms with E-state index in [2.05, 4.69) is 49.4 Å². The third-order valence-electron chi connectivity index (χ3n) is 8.35. The molecule has 1 aliphatic heterocycles. The molecule has 3 aromatic rings. The fourth-order valence-corrected chi connectivity index (χ4v) is 6.69. The molecule has 3 unspecified atom stereocenters. The topological polar surface area (TPSA) is 53.6 Å². The lowest BCUT2D eigenvalue weighted by molar-refractivity contribution is -0.137. The van der Waals surface area contributed by atoms with Crippen LogP contribution in [0.1, 0.15) is 51.8 Å². The molecule has 5 nitrogen and oxygen atoms in total. The van der Waals surface area contributed by atoms with Gasteiger partial charge in [-0.1, -0.05) is 68.2 Å². The Morgan fingerprint density at radius 3 is 1.86 bits per heavy atom. The van der Waals surface area contributed by atoms with Gasteiger partial charge in [0.2, 0.25) is 5.91 Å². The van der Waals surface area contributed by atoms with E-state index in [-0.39, 0.29) is 29.1 Å². The van der Waals surface area contributed by atoms with Crippen LogP contribution in [0.15, 0.2) is 66.7 Å². The summed E-state index contributed by atoms with van der Waals surface area (Å²) in [6.45, 7) is 14.9. The van der Waals surface area contributed by atoms with Crippen LogP contribution < -0.4 is 10.6 Å². The number of nitrogens with zero attached hydrogens (tertiary/aromatic N) is 1. The quantitative estimate of drug-likeness (QED) is 0.217. The van der Waals surface area contributed by atoms with Crippen molar-refractivity contribution in [1.29, 1.82) is 0 Å². The van der Waals surface area contributed by atoms with Crippen LogP contribution in [0.3, 0.4) is 0 Å². The largest absolute Gasteiger partial charge is 0.404 e. The van der Waals surface area contributed by atoms with Gasteiger partial charge < -0.3 is 15.1 Å². The third kappa shape index (κ3) is 7.97. The number of nitrogens with one attached hydrogen (secondary N) is 2. The lowest BCUT2D eigenvalue weighted by Gasteiger charge is -2.56. The highest BCUT2D eigenvalue weighted by atomic mass is 35.5. The summed E-state index contributed by atoms with van der Waals surface area (Å²) in [6, 6.07) is 17.4. The predicted octanol–water partition coefficient (Wildman–Crippen LogP) is 8.44. The highest BCUT2D eigenvalue weighted by Crippen LogP contribution is 2.43. The van der Waals surface area contributed by atoms with E-state index in [1.54, 1.807) is 0 Å². The van der Waals surface area contributed by atoms with Crippen LogP contribution in [0.2, 0.25) is 28.2 Å². The molecule has 43 heavy (non-hydrogen) atoms. The zero-order chi connectivity index (χ0) is 31.7. The van der Waals surface area contributed by atoms with Crippen molar-refractivity contribution >= 4 is 43.1 Å². The fourth-order valence-electron chi connectivity index (χ4n) is 5.20. The van der Waals surface area contributed by atoms with E-state index in [9.17, 15) is 13.6 Å². The molecule has 1 amide bonds. The summed E-state index contributed by atoms with van der Waals surface area (Å²) >= 11 is 12.5. The van der Waals surface area contributed by atoms with Crippen LogP contribution in [0.4, 0.5) is 14.5 Å². The van der Waals surface area contributed by atoms with Gasteiger partial charge in [0, 0.05) is 34.4 Å². The van der Waals surface area contributed by atoms with Gasteiger partial charge in [-0.2, -0.15) is 0 Å². The number of rotatable bonds is 10. The molecule has 1 saturated heterocycles. The Kier molecular flexibility index (Phi) is 10.3. The summed E-state index contributed by atoms with van der Waals surface area (Å²) in [4.78, 5) is 16.2. The minimum absolute atomic E-state index is 0.112. The normalized spacial score (nSPS) is 18.4. The van der Waals surface area contributed by atoms with Crippen LogP contribution in [0.25, 0.3) is 0 Å². The minimum atomic E-state index is -2.47. The van der Waals surface area contributed by atoms with Gasteiger partial charge >= 0.3 is 0 Å². The number of likely N-dealkylation sites (tertiary alicyclic amines) is 1. The number of hydrogen-bond donors (Lipinski definition) is 2. The van der Waals surface area contributed by atoms with Gasteiger partial charge in [-0.3, -0.25) is 9.69 Å². The fraction of sp³-hybridized carbons (Fsp3) is 0.424. The molecule has 1 aliphatic rings. The van der Waals surface area contributed by atoms with Crippen LogP contribution in [0, 0.1) is 11.6 Å². The number of anilines is 1. The Balaban J connectivity index is 1.84. The number of amides is 1. The first kappa shape index (κ1) is 33.4. The number of carbonyl (C=O) groups is 1. The Bertz CT molecular complexity index is 1350. The molecule has 0 radical (unpaired) electrons.